The van der Waals surface area contributed by atoms with Gasteiger partial charge in [0, 0.05) is 1.37 Å². The van der Waals surface area contributed by atoms with Crippen LogP contribution in [0.5, 0.6) is 0 Å². The zero-order chi connectivity index (χ0) is 12.5. The van der Waals surface area contributed by atoms with Crippen molar-refractivity contribution < 1.29 is 31.6 Å². The second-order valence-corrected chi connectivity index (χ2v) is 3.40. The number of allylic oxidation sites excluding steroid dienone is 1. The van der Waals surface area contributed by atoms with Gasteiger partial charge in [-0.1, -0.05) is 6.92 Å². The van der Waals surface area contributed by atoms with Crippen molar-refractivity contribution in [3.05, 3.63) is 11.8 Å². The highest BCUT2D eigenvalue weighted by Gasteiger charge is 2.51. The lowest BCUT2D eigenvalue weighted by atomic mass is 9.95. The minimum absolute atomic E-state index is 0.432. The van der Waals surface area contributed by atoms with Crippen LogP contribution in [0.25, 0.3) is 0 Å². The standard InChI is InChI=1S/C9H16O6/c1-2-3-6(11)9(14)8(13)7(12)5(10)4-15-9/h3,5,7-8,10-14H,2,4H2,1H3/t5-,7-,8+,9?/m1/s1/i2D/t2?,5-,7-,8+,9?. The predicted molar refractivity (Wildman–Crippen MR) is 49.9 cm³/mol. The van der Waals surface area contributed by atoms with E-state index in [2.05, 4.69) is 0 Å². The Morgan fingerprint density at radius 3 is 2.73 bits per heavy atom. The smallest absolute Gasteiger partial charge is 0.254 e. The van der Waals surface area contributed by atoms with Gasteiger partial charge in [-0.3, -0.25) is 0 Å². The first kappa shape index (κ1) is 10.8. The Bertz CT molecular complexity index is 281. The quantitative estimate of drug-likeness (QED) is 0.368. The molecule has 1 rings (SSSR count). The Kier molecular flexibility index (Phi) is 3.22. The normalized spacial score (nSPS) is 46.1. The monoisotopic (exact) mass is 221 g/mol. The van der Waals surface area contributed by atoms with Crippen LogP contribution in [0.4, 0.5) is 0 Å². The maximum absolute atomic E-state index is 9.80. The van der Waals surface area contributed by atoms with Gasteiger partial charge in [0.15, 0.2) is 5.76 Å². The van der Waals surface area contributed by atoms with E-state index < -0.39 is 42.9 Å². The van der Waals surface area contributed by atoms with E-state index in [1.807, 2.05) is 0 Å². The summed E-state index contributed by atoms with van der Waals surface area (Å²) in [5, 5.41) is 47.3. The van der Waals surface area contributed by atoms with Crippen molar-refractivity contribution in [3.63, 3.8) is 0 Å². The SMILES string of the molecule is [2H]C(C)C=C(O)C1(O)OC[C@@H](O)[C@@H](O)[C@@H]1O. The molecule has 0 aromatic rings. The van der Waals surface area contributed by atoms with E-state index in [4.69, 9.17) is 11.2 Å². The summed E-state index contributed by atoms with van der Waals surface area (Å²) < 4.78 is 11.9. The summed E-state index contributed by atoms with van der Waals surface area (Å²) >= 11 is 0. The molecule has 6 heteroatoms. The minimum Gasteiger partial charge on any atom is -0.507 e. The molecule has 1 aliphatic heterocycles. The highest BCUT2D eigenvalue weighted by atomic mass is 16.7. The van der Waals surface area contributed by atoms with Crippen molar-refractivity contribution in [2.45, 2.75) is 37.4 Å². The topological polar surface area (TPSA) is 110 Å². The fourth-order valence-corrected chi connectivity index (χ4v) is 1.34. The summed E-state index contributed by atoms with van der Waals surface area (Å²) in [6.07, 6.45) is -4.70. The van der Waals surface area contributed by atoms with Crippen molar-refractivity contribution in [2.24, 2.45) is 0 Å². The Labute approximate surface area is 88.5 Å². The number of aliphatic hydroxyl groups is 5. The molecular weight excluding hydrogens is 204 g/mol. The second kappa shape index (κ2) is 4.46. The fraction of sp³-hybridized carbons (Fsp3) is 0.778. The lowest BCUT2D eigenvalue weighted by Crippen LogP contribution is -2.61. The first-order chi connectivity index (χ1) is 7.29. The molecule has 0 aromatic carbocycles. The first-order valence-electron chi connectivity index (χ1n) is 5.10. The maximum atomic E-state index is 9.80. The number of aliphatic hydroxyl groups excluding tert-OH is 4. The molecule has 1 fully saturated rings. The molecule has 0 spiro atoms. The van der Waals surface area contributed by atoms with Gasteiger partial charge in [0.25, 0.3) is 5.79 Å². The van der Waals surface area contributed by atoms with Gasteiger partial charge >= 0.3 is 0 Å². The molecule has 0 bridgehead atoms. The average Bonchev–Trinajstić information content (AvgIpc) is 2.20. The Balaban J connectivity index is 2.92. The third-order valence-corrected chi connectivity index (χ3v) is 2.28. The van der Waals surface area contributed by atoms with Gasteiger partial charge in [0.2, 0.25) is 0 Å². The van der Waals surface area contributed by atoms with Crippen LogP contribution in [0, 0.1) is 0 Å². The molecule has 1 aliphatic rings. The highest BCUT2D eigenvalue weighted by Crippen LogP contribution is 2.29. The second-order valence-electron chi connectivity index (χ2n) is 3.40. The summed E-state index contributed by atoms with van der Waals surface area (Å²) in [6.45, 7) is 0.999. The molecule has 15 heavy (non-hydrogen) atoms. The summed E-state index contributed by atoms with van der Waals surface area (Å²) in [6, 6.07) is 0. The molecule has 0 aromatic heterocycles. The van der Waals surface area contributed by atoms with Crippen LogP contribution in [0.2, 0.25) is 0 Å². The van der Waals surface area contributed by atoms with Crippen LogP contribution in [-0.4, -0.2) is 56.2 Å². The van der Waals surface area contributed by atoms with E-state index in [1.165, 1.54) is 6.92 Å². The summed E-state index contributed by atoms with van der Waals surface area (Å²) in [5.41, 5.74) is 0. The maximum Gasteiger partial charge on any atom is 0.254 e. The van der Waals surface area contributed by atoms with Crippen molar-refractivity contribution >= 4 is 0 Å². The van der Waals surface area contributed by atoms with E-state index >= 15 is 0 Å². The van der Waals surface area contributed by atoms with E-state index in [0.717, 1.165) is 6.08 Å². The van der Waals surface area contributed by atoms with Crippen LogP contribution in [0.3, 0.4) is 0 Å². The summed E-state index contributed by atoms with van der Waals surface area (Å²) in [5.74, 6) is -3.23. The molecule has 0 radical (unpaired) electrons. The van der Waals surface area contributed by atoms with Gasteiger partial charge in [0.05, 0.1) is 6.61 Å². The van der Waals surface area contributed by atoms with Gasteiger partial charge in [-0.05, 0) is 12.5 Å². The van der Waals surface area contributed by atoms with Crippen molar-refractivity contribution in [1.82, 2.24) is 0 Å². The number of hydrogen-bond acceptors (Lipinski definition) is 6. The van der Waals surface area contributed by atoms with Crippen LogP contribution >= 0.6 is 0 Å². The largest absolute Gasteiger partial charge is 0.507 e. The molecular formula is C9H16O6. The molecule has 88 valence electrons. The van der Waals surface area contributed by atoms with E-state index in [9.17, 15) is 20.4 Å². The number of rotatable bonds is 2. The van der Waals surface area contributed by atoms with Crippen LogP contribution in [-0.2, 0) is 4.74 Å². The van der Waals surface area contributed by atoms with Crippen molar-refractivity contribution in [2.75, 3.05) is 6.61 Å². The lowest BCUT2D eigenvalue weighted by Gasteiger charge is -2.40. The molecule has 1 heterocycles. The predicted octanol–water partition coefficient (Wildman–Crippen LogP) is -1.36. The van der Waals surface area contributed by atoms with Gasteiger partial charge in [0.1, 0.15) is 18.3 Å². The van der Waals surface area contributed by atoms with Crippen molar-refractivity contribution in [1.29, 1.82) is 0 Å². The lowest BCUT2D eigenvalue weighted by molar-refractivity contribution is -0.312. The van der Waals surface area contributed by atoms with Gasteiger partial charge < -0.3 is 30.3 Å². The Morgan fingerprint density at radius 1 is 1.60 bits per heavy atom. The number of ether oxygens (including phenoxy) is 1. The van der Waals surface area contributed by atoms with E-state index in [0.29, 0.717) is 0 Å². The first-order valence-corrected chi connectivity index (χ1v) is 4.53. The molecule has 0 saturated carbocycles. The Hall–Kier alpha value is -0.660. The zero-order valence-corrected chi connectivity index (χ0v) is 8.24. The van der Waals surface area contributed by atoms with Gasteiger partial charge in [-0.25, -0.2) is 0 Å². The third kappa shape index (κ3) is 2.14. The van der Waals surface area contributed by atoms with Gasteiger partial charge in [-0.15, -0.1) is 0 Å². The van der Waals surface area contributed by atoms with Crippen LogP contribution in [0.15, 0.2) is 11.8 Å². The van der Waals surface area contributed by atoms with Crippen molar-refractivity contribution in [3.8, 4) is 0 Å². The summed E-state index contributed by atoms with van der Waals surface area (Å²) in [4.78, 5) is 0. The van der Waals surface area contributed by atoms with E-state index in [1.54, 1.807) is 0 Å². The molecule has 5 atom stereocenters. The Morgan fingerprint density at radius 2 is 2.20 bits per heavy atom. The van der Waals surface area contributed by atoms with Crippen LogP contribution in [0.1, 0.15) is 14.7 Å². The zero-order valence-electron chi connectivity index (χ0n) is 9.24. The fourth-order valence-electron chi connectivity index (χ4n) is 1.34. The minimum atomic E-state index is -2.48. The highest BCUT2D eigenvalue weighted by molar-refractivity contribution is 5.10. The van der Waals surface area contributed by atoms with E-state index in [-0.39, 0.29) is 0 Å². The van der Waals surface area contributed by atoms with Crippen LogP contribution < -0.4 is 0 Å². The summed E-state index contributed by atoms with van der Waals surface area (Å²) in [7, 11) is 0. The molecule has 6 nitrogen and oxygen atoms in total. The molecule has 5 N–H and O–H groups in total. The van der Waals surface area contributed by atoms with Gasteiger partial charge in [-0.2, -0.15) is 0 Å². The molecule has 1 saturated heterocycles. The molecule has 0 aliphatic carbocycles. The number of hydrogen-bond donors (Lipinski definition) is 5. The molecule has 2 unspecified atom stereocenters. The average molecular weight is 221 g/mol. The molecule has 0 amide bonds. The third-order valence-electron chi connectivity index (χ3n) is 2.28.